The van der Waals surface area contributed by atoms with Crippen molar-refractivity contribution in [2.45, 2.75) is 32.3 Å². The van der Waals surface area contributed by atoms with Gasteiger partial charge in [-0.3, -0.25) is 9.59 Å². The highest BCUT2D eigenvalue weighted by molar-refractivity contribution is 5.95. The molecular formula is C26H30N2O4. The molecule has 2 amide bonds. The number of hydrogen-bond donors (Lipinski definition) is 0. The van der Waals surface area contributed by atoms with Gasteiger partial charge in [0.25, 0.3) is 5.91 Å². The predicted molar refractivity (Wildman–Crippen MR) is 124 cm³/mol. The number of carbonyl (C=O) groups is 2. The van der Waals surface area contributed by atoms with Crippen molar-refractivity contribution in [3.63, 3.8) is 0 Å². The molecule has 2 heterocycles. The first kappa shape index (κ1) is 21.9. The molecule has 0 aliphatic carbocycles. The fourth-order valence-corrected chi connectivity index (χ4v) is 4.32. The lowest BCUT2D eigenvalue weighted by Crippen LogP contribution is -2.40. The van der Waals surface area contributed by atoms with Crippen molar-refractivity contribution in [2.75, 3.05) is 33.3 Å². The average Bonchev–Trinajstić information content (AvgIpc) is 2.84. The number of carbonyl (C=O) groups excluding carboxylic acids is 2. The maximum absolute atomic E-state index is 13.2. The summed E-state index contributed by atoms with van der Waals surface area (Å²) < 4.78 is 11.7. The van der Waals surface area contributed by atoms with E-state index in [0.29, 0.717) is 43.2 Å². The third kappa shape index (κ3) is 4.96. The number of likely N-dealkylation sites (tertiary alicyclic amines) is 1. The van der Waals surface area contributed by atoms with Gasteiger partial charge < -0.3 is 19.3 Å². The van der Waals surface area contributed by atoms with Crippen LogP contribution in [0.2, 0.25) is 0 Å². The first-order valence-corrected chi connectivity index (χ1v) is 11.2. The van der Waals surface area contributed by atoms with Crippen LogP contribution in [-0.4, -0.2) is 61.0 Å². The van der Waals surface area contributed by atoms with Gasteiger partial charge in [0.15, 0.2) is 11.5 Å². The van der Waals surface area contributed by atoms with Crippen LogP contribution in [0.3, 0.4) is 0 Å². The minimum atomic E-state index is -0.00716. The normalized spacial score (nSPS) is 17.0. The van der Waals surface area contributed by atoms with Crippen LogP contribution in [0.4, 0.5) is 0 Å². The summed E-state index contributed by atoms with van der Waals surface area (Å²) in [5.74, 6) is 1.28. The maximum atomic E-state index is 13.2. The van der Waals surface area contributed by atoms with Gasteiger partial charge in [-0.05, 0) is 35.8 Å². The second-order valence-electron chi connectivity index (χ2n) is 8.29. The van der Waals surface area contributed by atoms with Crippen molar-refractivity contribution < 1.29 is 19.1 Å². The lowest BCUT2D eigenvalue weighted by atomic mass is 9.99. The molecule has 2 aromatic rings. The summed E-state index contributed by atoms with van der Waals surface area (Å²) in [6.45, 7) is 4.24. The summed E-state index contributed by atoms with van der Waals surface area (Å²) in [5.41, 5.74) is 3.10. The summed E-state index contributed by atoms with van der Waals surface area (Å²) >= 11 is 0. The van der Waals surface area contributed by atoms with E-state index in [2.05, 4.69) is 18.2 Å². The lowest BCUT2D eigenvalue weighted by molar-refractivity contribution is -0.130. The van der Waals surface area contributed by atoms with E-state index in [0.717, 1.165) is 19.3 Å². The van der Waals surface area contributed by atoms with Crippen molar-refractivity contribution in [2.24, 2.45) is 0 Å². The number of piperidine rings is 1. The Kier molecular flexibility index (Phi) is 6.78. The Morgan fingerprint density at radius 3 is 2.31 bits per heavy atom. The van der Waals surface area contributed by atoms with Crippen LogP contribution in [-0.2, 0) is 4.79 Å². The second kappa shape index (κ2) is 9.90. The van der Waals surface area contributed by atoms with Gasteiger partial charge in [0.05, 0.1) is 7.11 Å². The van der Waals surface area contributed by atoms with E-state index in [4.69, 9.17) is 9.47 Å². The lowest BCUT2D eigenvalue weighted by Gasteiger charge is -2.32. The molecular weight excluding hydrogens is 404 g/mol. The molecule has 2 aliphatic heterocycles. The first-order chi connectivity index (χ1) is 15.5. The molecule has 6 nitrogen and oxygen atoms in total. The van der Waals surface area contributed by atoms with Gasteiger partial charge in [-0.2, -0.15) is 0 Å². The molecule has 1 saturated heterocycles. The molecule has 32 heavy (non-hydrogen) atoms. The monoisotopic (exact) mass is 434 g/mol. The Hall–Kier alpha value is -3.28. The van der Waals surface area contributed by atoms with E-state index >= 15 is 0 Å². The quantitative estimate of drug-likeness (QED) is 0.713. The standard InChI is InChI=1S/C26H30N2O4/c1-19(29)27-16-12-23(13-17-27)32-25-18-22(8-9-24(25)31-2)26(30)28-14-10-21(11-15-28)20-6-4-3-5-7-20/h3-10,18,23H,11-17H2,1-2H3. The smallest absolute Gasteiger partial charge is 0.254 e. The molecule has 0 aromatic heterocycles. The van der Waals surface area contributed by atoms with Gasteiger partial charge in [0.2, 0.25) is 5.91 Å². The van der Waals surface area contributed by atoms with Crippen molar-refractivity contribution in [1.29, 1.82) is 0 Å². The van der Waals surface area contributed by atoms with Gasteiger partial charge in [-0.1, -0.05) is 36.4 Å². The maximum Gasteiger partial charge on any atom is 0.254 e. The zero-order chi connectivity index (χ0) is 22.5. The molecule has 4 rings (SSSR count). The molecule has 0 saturated carbocycles. The number of ether oxygens (including phenoxy) is 2. The van der Waals surface area contributed by atoms with Crippen LogP contribution >= 0.6 is 0 Å². The van der Waals surface area contributed by atoms with Crippen LogP contribution in [0.15, 0.2) is 54.6 Å². The third-order valence-electron chi connectivity index (χ3n) is 6.23. The van der Waals surface area contributed by atoms with Crippen LogP contribution in [0.25, 0.3) is 5.57 Å². The zero-order valence-electron chi connectivity index (χ0n) is 18.8. The van der Waals surface area contributed by atoms with E-state index in [1.165, 1.54) is 11.1 Å². The van der Waals surface area contributed by atoms with E-state index in [-0.39, 0.29) is 17.9 Å². The Bertz CT molecular complexity index is 994. The van der Waals surface area contributed by atoms with Crippen molar-refractivity contribution in [1.82, 2.24) is 9.80 Å². The highest BCUT2D eigenvalue weighted by atomic mass is 16.5. The Labute approximate surface area is 189 Å². The fraction of sp³-hybridized carbons (Fsp3) is 0.385. The SMILES string of the molecule is COc1ccc(C(=O)N2CC=C(c3ccccc3)CC2)cc1OC1CCN(C(C)=O)CC1. The van der Waals surface area contributed by atoms with E-state index in [1.54, 1.807) is 32.2 Å². The molecule has 168 valence electrons. The van der Waals surface area contributed by atoms with Crippen LogP contribution in [0, 0.1) is 0 Å². The molecule has 2 aliphatic rings. The molecule has 6 heteroatoms. The Morgan fingerprint density at radius 2 is 1.69 bits per heavy atom. The van der Waals surface area contributed by atoms with Gasteiger partial charge in [0, 0.05) is 51.5 Å². The molecule has 0 spiro atoms. The minimum Gasteiger partial charge on any atom is -0.493 e. The average molecular weight is 435 g/mol. The third-order valence-corrected chi connectivity index (χ3v) is 6.23. The summed E-state index contributed by atoms with van der Waals surface area (Å²) in [7, 11) is 1.60. The molecule has 0 radical (unpaired) electrons. The number of nitrogens with zero attached hydrogens (tertiary/aromatic N) is 2. The molecule has 1 fully saturated rings. The van der Waals surface area contributed by atoms with E-state index in [1.807, 2.05) is 28.0 Å². The van der Waals surface area contributed by atoms with Gasteiger partial charge in [-0.25, -0.2) is 0 Å². The highest BCUT2D eigenvalue weighted by Gasteiger charge is 2.25. The number of hydrogen-bond acceptors (Lipinski definition) is 4. The Morgan fingerprint density at radius 1 is 0.938 bits per heavy atom. The Balaban J connectivity index is 1.43. The summed E-state index contributed by atoms with van der Waals surface area (Å²) in [5, 5.41) is 0. The van der Waals surface area contributed by atoms with Gasteiger partial charge in [-0.15, -0.1) is 0 Å². The topological polar surface area (TPSA) is 59.1 Å². The fourth-order valence-electron chi connectivity index (χ4n) is 4.32. The number of benzene rings is 2. The largest absolute Gasteiger partial charge is 0.493 e. The zero-order valence-corrected chi connectivity index (χ0v) is 18.8. The van der Waals surface area contributed by atoms with Crippen molar-refractivity contribution in [3.8, 4) is 11.5 Å². The molecule has 0 N–H and O–H groups in total. The van der Waals surface area contributed by atoms with Crippen LogP contribution < -0.4 is 9.47 Å². The number of amides is 2. The van der Waals surface area contributed by atoms with Crippen molar-refractivity contribution in [3.05, 3.63) is 65.7 Å². The summed E-state index contributed by atoms with van der Waals surface area (Å²) in [6.07, 6.45) is 4.50. The number of methoxy groups -OCH3 is 1. The number of rotatable bonds is 5. The van der Waals surface area contributed by atoms with E-state index < -0.39 is 0 Å². The molecule has 0 atom stereocenters. The first-order valence-electron chi connectivity index (χ1n) is 11.2. The molecule has 0 unspecified atom stereocenters. The summed E-state index contributed by atoms with van der Waals surface area (Å²) in [4.78, 5) is 28.4. The summed E-state index contributed by atoms with van der Waals surface area (Å²) in [6, 6.07) is 15.7. The second-order valence-corrected chi connectivity index (χ2v) is 8.29. The van der Waals surface area contributed by atoms with Gasteiger partial charge >= 0.3 is 0 Å². The predicted octanol–water partition coefficient (Wildman–Crippen LogP) is 4.01. The minimum absolute atomic E-state index is 0.00352. The van der Waals surface area contributed by atoms with Gasteiger partial charge in [0.1, 0.15) is 6.10 Å². The highest BCUT2D eigenvalue weighted by Crippen LogP contribution is 2.32. The van der Waals surface area contributed by atoms with Crippen molar-refractivity contribution >= 4 is 17.4 Å². The molecule has 2 aromatic carbocycles. The van der Waals surface area contributed by atoms with Crippen LogP contribution in [0.1, 0.15) is 42.1 Å². The molecule has 0 bridgehead atoms. The van der Waals surface area contributed by atoms with E-state index in [9.17, 15) is 9.59 Å². The van der Waals surface area contributed by atoms with Crippen LogP contribution in [0.5, 0.6) is 11.5 Å².